The van der Waals surface area contributed by atoms with E-state index in [0.29, 0.717) is 5.56 Å². The first-order valence-corrected chi connectivity index (χ1v) is 6.39. The average Bonchev–Trinajstić information content (AvgIpc) is 2.53. The van der Waals surface area contributed by atoms with Crippen LogP contribution in [0.4, 0.5) is 5.69 Å². The molecule has 0 radical (unpaired) electrons. The van der Waals surface area contributed by atoms with E-state index >= 15 is 0 Å². The molecule has 0 spiro atoms. The number of aliphatic hydroxyl groups excluding tert-OH is 1. The first-order valence-electron chi connectivity index (χ1n) is 6.39. The molecule has 0 fully saturated rings. The molecule has 0 aliphatic carbocycles. The SMILES string of the molecule is C=Cc1cccc(C(O)c2ccccc2[N+](=O)[O-])c1C=C. The Morgan fingerprint density at radius 1 is 1.05 bits per heavy atom. The summed E-state index contributed by atoms with van der Waals surface area (Å²) in [5.41, 5.74) is 2.26. The largest absolute Gasteiger partial charge is 0.383 e. The number of para-hydroxylation sites is 1. The Morgan fingerprint density at radius 2 is 1.71 bits per heavy atom. The van der Waals surface area contributed by atoms with Crippen molar-refractivity contribution >= 4 is 17.8 Å². The van der Waals surface area contributed by atoms with Gasteiger partial charge in [-0.2, -0.15) is 0 Å². The minimum Gasteiger partial charge on any atom is -0.383 e. The molecule has 4 nitrogen and oxygen atoms in total. The van der Waals surface area contributed by atoms with Crippen LogP contribution in [0.3, 0.4) is 0 Å². The number of hydrogen-bond acceptors (Lipinski definition) is 3. The topological polar surface area (TPSA) is 63.4 Å². The molecule has 0 saturated heterocycles. The van der Waals surface area contributed by atoms with E-state index in [2.05, 4.69) is 13.2 Å². The number of benzene rings is 2. The molecule has 0 amide bonds. The number of nitro groups is 1. The summed E-state index contributed by atoms with van der Waals surface area (Å²) in [7, 11) is 0. The fraction of sp³-hybridized carbons (Fsp3) is 0.0588. The predicted octanol–water partition coefficient (Wildman–Crippen LogP) is 3.96. The summed E-state index contributed by atoms with van der Waals surface area (Å²) in [6.45, 7) is 7.46. The number of aliphatic hydroxyl groups is 1. The van der Waals surface area contributed by atoms with Gasteiger partial charge in [0, 0.05) is 6.07 Å². The molecule has 4 heteroatoms. The molecule has 0 aliphatic rings. The van der Waals surface area contributed by atoms with E-state index in [4.69, 9.17) is 0 Å². The summed E-state index contributed by atoms with van der Waals surface area (Å²) >= 11 is 0. The molecule has 2 aromatic rings. The zero-order valence-corrected chi connectivity index (χ0v) is 11.4. The molecular weight excluding hydrogens is 266 g/mol. The molecule has 0 aromatic heterocycles. The standard InChI is InChI=1S/C17H15NO3/c1-3-12-8-7-10-14(13(12)4-2)17(19)15-9-5-6-11-16(15)18(20)21/h3-11,17,19H,1-2H2. The molecule has 2 rings (SSSR count). The maximum Gasteiger partial charge on any atom is 0.275 e. The number of nitro benzene ring substituents is 1. The summed E-state index contributed by atoms with van der Waals surface area (Å²) in [5.74, 6) is 0. The quantitative estimate of drug-likeness (QED) is 0.666. The Balaban J connectivity index is 2.60. The van der Waals surface area contributed by atoms with Crippen LogP contribution in [0.1, 0.15) is 28.4 Å². The zero-order valence-electron chi connectivity index (χ0n) is 11.4. The van der Waals surface area contributed by atoms with Crippen LogP contribution in [0.25, 0.3) is 12.2 Å². The van der Waals surface area contributed by atoms with Crippen molar-refractivity contribution in [2.45, 2.75) is 6.10 Å². The van der Waals surface area contributed by atoms with Gasteiger partial charge in [0.2, 0.25) is 0 Å². The summed E-state index contributed by atoms with van der Waals surface area (Å²) in [4.78, 5) is 10.6. The van der Waals surface area contributed by atoms with Gasteiger partial charge in [-0.25, -0.2) is 0 Å². The Hall–Kier alpha value is -2.72. The lowest BCUT2D eigenvalue weighted by molar-refractivity contribution is -0.386. The van der Waals surface area contributed by atoms with E-state index in [0.717, 1.165) is 11.1 Å². The highest BCUT2D eigenvalue weighted by atomic mass is 16.6. The average molecular weight is 281 g/mol. The number of hydrogen-bond donors (Lipinski definition) is 1. The van der Waals surface area contributed by atoms with Gasteiger partial charge in [-0.3, -0.25) is 10.1 Å². The molecule has 0 heterocycles. The van der Waals surface area contributed by atoms with Crippen LogP contribution in [0, 0.1) is 10.1 Å². The first-order chi connectivity index (χ1) is 10.1. The normalized spacial score (nSPS) is 11.7. The minimum absolute atomic E-state index is 0.107. The second-order valence-corrected chi connectivity index (χ2v) is 4.48. The third kappa shape index (κ3) is 2.75. The maximum atomic E-state index is 11.1. The van der Waals surface area contributed by atoms with Gasteiger partial charge in [0.1, 0.15) is 6.10 Å². The minimum atomic E-state index is -1.10. The van der Waals surface area contributed by atoms with E-state index < -0.39 is 11.0 Å². The first kappa shape index (κ1) is 14.7. The van der Waals surface area contributed by atoms with Gasteiger partial charge in [-0.15, -0.1) is 0 Å². The molecule has 1 unspecified atom stereocenters. The van der Waals surface area contributed by atoms with E-state index in [9.17, 15) is 15.2 Å². The summed E-state index contributed by atoms with van der Waals surface area (Å²) in [5, 5.41) is 21.7. The van der Waals surface area contributed by atoms with Crippen LogP contribution < -0.4 is 0 Å². The van der Waals surface area contributed by atoms with Gasteiger partial charge < -0.3 is 5.11 Å². The van der Waals surface area contributed by atoms with Crippen molar-refractivity contribution in [3.63, 3.8) is 0 Å². The van der Waals surface area contributed by atoms with Crippen molar-refractivity contribution in [1.29, 1.82) is 0 Å². The van der Waals surface area contributed by atoms with Crippen LogP contribution in [0.15, 0.2) is 55.6 Å². The molecule has 0 saturated carbocycles. The summed E-state index contributed by atoms with van der Waals surface area (Å²) in [6, 6.07) is 11.5. The lowest BCUT2D eigenvalue weighted by atomic mass is 9.92. The lowest BCUT2D eigenvalue weighted by Gasteiger charge is -2.16. The van der Waals surface area contributed by atoms with Crippen molar-refractivity contribution in [2.75, 3.05) is 0 Å². The Bertz CT molecular complexity index is 707. The van der Waals surface area contributed by atoms with Crippen molar-refractivity contribution < 1.29 is 10.0 Å². The lowest BCUT2D eigenvalue weighted by Crippen LogP contribution is -2.06. The summed E-state index contributed by atoms with van der Waals surface area (Å²) in [6.07, 6.45) is 2.18. The molecular formula is C17H15NO3. The van der Waals surface area contributed by atoms with Gasteiger partial charge in [0.15, 0.2) is 0 Å². The monoisotopic (exact) mass is 281 g/mol. The van der Waals surface area contributed by atoms with Crippen molar-refractivity contribution in [1.82, 2.24) is 0 Å². The highest BCUT2D eigenvalue weighted by Crippen LogP contribution is 2.33. The molecule has 2 aromatic carbocycles. The van der Waals surface area contributed by atoms with Gasteiger partial charge in [0.05, 0.1) is 10.5 Å². The number of rotatable bonds is 5. The Morgan fingerprint density at radius 3 is 2.33 bits per heavy atom. The fourth-order valence-electron chi connectivity index (χ4n) is 2.31. The highest BCUT2D eigenvalue weighted by Gasteiger charge is 2.22. The second-order valence-electron chi connectivity index (χ2n) is 4.48. The molecule has 0 aliphatic heterocycles. The van der Waals surface area contributed by atoms with Crippen molar-refractivity contribution in [3.8, 4) is 0 Å². The van der Waals surface area contributed by atoms with Crippen LogP contribution >= 0.6 is 0 Å². The van der Waals surface area contributed by atoms with Crippen LogP contribution in [0.2, 0.25) is 0 Å². The van der Waals surface area contributed by atoms with E-state index in [1.165, 1.54) is 6.07 Å². The Kier molecular flexibility index (Phi) is 4.30. The molecule has 1 N–H and O–H groups in total. The van der Waals surface area contributed by atoms with Gasteiger partial charge in [-0.1, -0.05) is 55.6 Å². The van der Waals surface area contributed by atoms with Gasteiger partial charge in [-0.05, 0) is 22.8 Å². The highest BCUT2D eigenvalue weighted by molar-refractivity contribution is 5.67. The van der Waals surface area contributed by atoms with Crippen LogP contribution in [-0.4, -0.2) is 10.0 Å². The van der Waals surface area contributed by atoms with Gasteiger partial charge >= 0.3 is 0 Å². The van der Waals surface area contributed by atoms with Crippen LogP contribution in [0.5, 0.6) is 0 Å². The number of nitrogens with zero attached hydrogens (tertiary/aromatic N) is 1. The molecule has 1 atom stereocenters. The fourth-order valence-corrected chi connectivity index (χ4v) is 2.31. The third-order valence-corrected chi connectivity index (χ3v) is 3.32. The third-order valence-electron chi connectivity index (χ3n) is 3.32. The maximum absolute atomic E-state index is 11.1. The van der Waals surface area contributed by atoms with Crippen molar-refractivity contribution in [3.05, 3.63) is 88.0 Å². The second kappa shape index (κ2) is 6.15. The van der Waals surface area contributed by atoms with E-state index in [1.54, 1.807) is 42.5 Å². The molecule has 21 heavy (non-hydrogen) atoms. The van der Waals surface area contributed by atoms with Crippen LogP contribution in [-0.2, 0) is 0 Å². The summed E-state index contributed by atoms with van der Waals surface area (Å²) < 4.78 is 0. The smallest absolute Gasteiger partial charge is 0.275 e. The Labute approximate surface area is 122 Å². The van der Waals surface area contributed by atoms with Crippen molar-refractivity contribution in [2.24, 2.45) is 0 Å². The molecule has 106 valence electrons. The predicted molar refractivity (Wildman–Crippen MR) is 83.8 cm³/mol. The zero-order chi connectivity index (χ0) is 15.4. The molecule has 0 bridgehead atoms. The van der Waals surface area contributed by atoms with Gasteiger partial charge in [0.25, 0.3) is 5.69 Å². The van der Waals surface area contributed by atoms with E-state index in [1.807, 2.05) is 6.07 Å². The van der Waals surface area contributed by atoms with E-state index in [-0.39, 0.29) is 11.3 Å².